The fraction of sp³-hybridized carbons (Fsp3) is 0.240. The standard InChI is InChI=1S/C25H25N5O/c1-15-7-6-14-26-22(15)21-13-12-20-23(27-17(3)28-24(20)30-21)29-19-10-8-18(9-11-19)25(4,5)16(2)31/h6-14H,1-5H3,(H,27,28,29,30). The van der Waals surface area contributed by atoms with E-state index in [1.807, 2.05) is 76.2 Å². The molecule has 0 bridgehead atoms. The van der Waals surface area contributed by atoms with Crippen molar-refractivity contribution < 1.29 is 4.79 Å². The van der Waals surface area contributed by atoms with Crippen molar-refractivity contribution in [3.63, 3.8) is 0 Å². The van der Waals surface area contributed by atoms with E-state index in [-0.39, 0.29) is 5.78 Å². The minimum atomic E-state index is -0.513. The van der Waals surface area contributed by atoms with Crippen molar-refractivity contribution in [1.29, 1.82) is 0 Å². The Bertz CT molecular complexity index is 1280. The molecule has 0 aliphatic heterocycles. The third-order valence-electron chi connectivity index (χ3n) is 5.67. The number of anilines is 2. The number of fused-ring (bicyclic) bond motifs is 1. The van der Waals surface area contributed by atoms with Crippen LogP contribution in [0.25, 0.3) is 22.4 Å². The Morgan fingerprint density at radius 3 is 2.35 bits per heavy atom. The third-order valence-corrected chi connectivity index (χ3v) is 5.67. The molecule has 156 valence electrons. The number of pyridine rings is 2. The molecule has 0 saturated heterocycles. The van der Waals surface area contributed by atoms with E-state index in [0.29, 0.717) is 17.3 Å². The van der Waals surface area contributed by atoms with Gasteiger partial charge in [0.15, 0.2) is 5.65 Å². The van der Waals surface area contributed by atoms with Crippen LogP contribution in [0.15, 0.2) is 54.7 Å². The zero-order valence-electron chi connectivity index (χ0n) is 18.4. The van der Waals surface area contributed by atoms with Crippen LogP contribution in [0, 0.1) is 13.8 Å². The molecule has 31 heavy (non-hydrogen) atoms. The van der Waals surface area contributed by atoms with Crippen molar-refractivity contribution in [1.82, 2.24) is 19.9 Å². The number of hydrogen-bond donors (Lipinski definition) is 1. The van der Waals surface area contributed by atoms with Crippen molar-refractivity contribution in [3.05, 3.63) is 71.7 Å². The number of aromatic nitrogens is 4. The zero-order valence-corrected chi connectivity index (χ0v) is 18.4. The van der Waals surface area contributed by atoms with Crippen molar-refractivity contribution >= 4 is 28.3 Å². The Balaban J connectivity index is 1.70. The zero-order chi connectivity index (χ0) is 22.2. The number of benzene rings is 1. The van der Waals surface area contributed by atoms with E-state index in [2.05, 4.69) is 20.3 Å². The van der Waals surface area contributed by atoms with Gasteiger partial charge >= 0.3 is 0 Å². The molecule has 1 aromatic carbocycles. The maximum absolute atomic E-state index is 11.9. The summed E-state index contributed by atoms with van der Waals surface area (Å²) in [5.41, 5.74) is 4.66. The van der Waals surface area contributed by atoms with Crippen molar-refractivity contribution in [2.24, 2.45) is 0 Å². The van der Waals surface area contributed by atoms with E-state index in [1.165, 1.54) is 0 Å². The highest BCUT2D eigenvalue weighted by Crippen LogP contribution is 2.29. The predicted octanol–water partition coefficient (Wildman–Crippen LogP) is 5.31. The highest BCUT2D eigenvalue weighted by atomic mass is 16.1. The van der Waals surface area contributed by atoms with Gasteiger partial charge in [0.05, 0.1) is 16.8 Å². The molecule has 0 aliphatic rings. The summed E-state index contributed by atoms with van der Waals surface area (Å²) in [6, 6.07) is 15.7. The minimum absolute atomic E-state index is 0.135. The Labute approximate surface area is 181 Å². The highest BCUT2D eigenvalue weighted by Gasteiger charge is 2.25. The first-order valence-corrected chi connectivity index (χ1v) is 10.2. The molecule has 0 unspecified atom stereocenters. The fourth-order valence-electron chi connectivity index (χ4n) is 3.41. The molecular formula is C25H25N5O. The van der Waals surface area contributed by atoms with Gasteiger partial charge in [0.25, 0.3) is 0 Å². The lowest BCUT2D eigenvalue weighted by molar-refractivity contribution is -0.121. The van der Waals surface area contributed by atoms with Crippen LogP contribution in [-0.2, 0) is 10.2 Å². The Hall–Kier alpha value is -3.67. The second kappa shape index (κ2) is 7.87. The summed E-state index contributed by atoms with van der Waals surface area (Å²) in [5, 5.41) is 4.20. The lowest BCUT2D eigenvalue weighted by Gasteiger charge is -2.22. The molecule has 0 atom stereocenters. The first-order chi connectivity index (χ1) is 14.8. The topological polar surface area (TPSA) is 80.7 Å². The van der Waals surface area contributed by atoms with E-state index in [9.17, 15) is 4.79 Å². The number of carbonyl (C=O) groups excluding carboxylic acids is 1. The van der Waals surface area contributed by atoms with Gasteiger partial charge in [-0.05, 0) is 76.1 Å². The average Bonchev–Trinajstić information content (AvgIpc) is 2.74. The average molecular weight is 412 g/mol. The normalized spacial score (nSPS) is 11.5. The van der Waals surface area contributed by atoms with Gasteiger partial charge in [0, 0.05) is 17.3 Å². The number of rotatable bonds is 5. The first kappa shape index (κ1) is 20.6. The number of carbonyl (C=O) groups is 1. The Morgan fingerprint density at radius 2 is 1.68 bits per heavy atom. The summed E-state index contributed by atoms with van der Waals surface area (Å²) in [7, 11) is 0. The number of nitrogens with one attached hydrogen (secondary N) is 1. The van der Waals surface area contributed by atoms with Crippen LogP contribution in [0.4, 0.5) is 11.5 Å². The smallest absolute Gasteiger partial charge is 0.165 e. The predicted molar refractivity (Wildman–Crippen MR) is 123 cm³/mol. The van der Waals surface area contributed by atoms with Gasteiger partial charge in [-0.2, -0.15) is 0 Å². The van der Waals surface area contributed by atoms with Gasteiger partial charge in [0.2, 0.25) is 0 Å². The van der Waals surface area contributed by atoms with Crippen molar-refractivity contribution in [3.8, 4) is 11.4 Å². The molecular weight excluding hydrogens is 386 g/mol. The molecule has 3 heterocycles. The fourth-order valence-corrected chi connectivity index (χ4v) is 3.41. The van der Waals surface area contributed by atoms with Crippen LogP contribution >= 0.6 is 0 Å². The van der Waals surface area contributed by atoms with Crippen LogP contribution in [-0.4, -0.2) is 25.7 Å². The molecule has 1 N–H and O–H groups in total. The van der Waals surface area contributed by atoms with Gasteiger partial charge in [-0.3, -0.25) is 9.78 Å². The number of nitrogens with zero attached hydrogens (tertiary/aromatic N) is 4. The molecule has 4 aromatic rings. The lowest BCUT2D eigenvalue weighted by Crippen LogP contribution is -2.26. The second-order valence-electron chi connectivity index (χ2n) is 8.24. The van der Waals surface area contributed by atoms with Crippen LogP contribution in [0.5, 0.6) is 0 Å². The van der Waals surface area contributed by atoms with Gasteiger partial charge in [-0.1, -0.05) is 18.2 Å². The largest absolute Gasteiger partial charge is 0.340 e. The van der Waals surface area contributed by atoms with E-state index in [1.54, 1.807) is 13.1 Å². The molecule has 0 aliphatic carbocycles. The third kappa shape index (κ3) is 4.01. The number of hydrogen-bond acceptors (Lipinski definition) is 6. The molecule has 6 nitrogen and oxygen atoms in total. The second-order valence-corrected chi connectivity index (χ2v) is 8.24. The lowest BCUT2D eigenvalue weighted by atomic mass is 9.81. The van der Waals surface area contributed by atoms with Crippen LogP contribution < -0.4 is 5.32 Å². The summed E-state index contributed by atoms with van der Waals surface area (Å²) < 4.78 is 0. The van der Waals surface area contributed by atoms with Crippen molar-refractivity contribution in [2.75, 3.05) is 5.32 Å². The molecule has 0 spiro atoms. The quantitative estimate of drug-likeness (QED) is 0.479. The molecule has 6 heteroatoms. The molecule has 0 fully saturated rings. The van der Waals surface area contributed by atoms with E-state index in [4.69, 9.17) is 4.98 Å². The van der Waals surface area contributed by atoms with E-state index < -0.39 is 5.41 Å². The Morgan fingerprint density at radius 1 is 0.935 bits per heavy atom. The molecule has 0 radical (unpaired) electrons. The summed E-state index contributed by atoms with van der Waals surface area (Å²) in [5.74, 6) is 1.46. The summed E-state index contributed by atoms with van der Waals surface area (Å²) in [6.07, 6.45) is 1.77. The number of Topliss-reactive ketones (excluding diaryl/α,β-unsaturated/α-hetero) is 1. The van der Waals surface area contributed by atoms with Crippen LogP contribution in [0.1, 0.15) is 37.7 Å². The highest BCUT2D eigenvalue weighted by molar-refractivity contribution is 5.90. The van der Waals surface area contributed by atoms with E-state index in [0.717, 1.165) is 33.6 Å². The monoisotopic (exact) mass is 411 g/mol. The van der Waals surface area contributed by atoms with Crippen LogP contribution in [0.3, 0.4) is 0 Å². The maximum atomic E-state index is 11.9. The van der Waals surface area contributed by atoms with Gasteiger partial charge in [-0.25, -0.2) is 15.0 Å². The minimum Gasteiger partial charge on any atom is -0.340 e. The summed E-state index contributed by atoms with van der Waals surface area (Å²) >= 11 is 0. The number of ketones is 1. The molecule has 0 saturated carbocycles. The van der Waals surface area contributed by atoms with Gasteiger partial charge in [-0.15, -0.1) is 0 Å². The summed E-state index contributed by atoms with van der Waals surface area (Å²) in [4.78, 5) is 30.3. The SMILES string of the molecule is CC(=O)C(C)(C)c1ccc(Nc2nc(C)nc3nc(-c4ncccc4C)ccc23)cc1. The molecule has 4 rings (SSSR count). The van der Waals surface area contributed by atoms with Gasteiger partial charge < -0.3 is 5.32 Å². The maximum Gasteiger partial charge on any atom is 0.165 e. The van der Waals surface area contributed by atoms with Gasteiger partial charge in [0.1, 0.15) is 17.4 Å². The molecule has 3 aromatic heterocycles. The van der Waals surface area contributed by atoms with E-state index >= 15 is 0 Å². The Kier molecular flexibility index (Phi) is 5.23. The first-order valence-electron chi connectivity index (χ1n) is 10.2. The van der Waals surface area contributed by atoms with Crippen LogP contribution in [0.2, 0.25) is 0 Å². The summed E-state index contributed by atoms with van der Waals surface area (Å²) in [6.45, 7) is 9.36. The van der Waals surface area contributed by atoms with Crippen molar-refractivity contribution in [2.45, 2.75) is 40.0 Å². The number of aryl methyl sites for hydroxylation is 2. The molecule has 0 amide bonds.